The summed E-state index contributed by atoms with van der Waals surface area (Å²) in [4.78, 5) is 12.0. The Hall–Kier alpha value is -1.07. The van der Waals surface area contributed by atoms with Crippen molar-refractivity contribution in [1.29, 1.82) is 0 Å². The molecule has 1 aromatic carbocycles. The lowest BCUT2D eigenvalue weighted by Gasteiger charge is -2.25. The maximum absolute atomic E-state index is 12.0. The van der Waals surface area contributed by atoms with Gasteiger partial charge < -0.3 is 16.2 Å². The molecule has 1 rings (SSSR count). The predicted molar refractivity (Wildman–Crippen MR) is 81.0 cm³/mol. The van der Waals surface area contributed by atoms with Gasteiger partial charge in [0.1, 0.15) is 0 Å². The van der Waals surface area contributed by atoms with Crippen LogP contribution in [0.15, 0.2) is 22.7 Å². The number of halogens is 1. The van der Waals surface area contributed by atoms with Gasteiger partial charge in [0.25, 0.3) is 5.91 Å². The number of aliphatic hydroxyl groups is 1. The minimum absolute atomic E-state index is 0.208. The third-order valence-electron chi connectivity index (χ3n) is 2.74. The van der Waals surface area contributed by atoms with Crippen molar-refractivity contribution in [2.24, 2.45) is 5.92 Å². The summed E-state index contributed by atoms with van der Waals surface area (Å²) in [6, 6.07) is 5.10. The molecule has 0 fully saturated rings. The Balaban J connectivity index is 2.65. The van der Waals surface area contributed by atoms with Crippen LogP contribution in [0, 0.1) is 5.92 Å². The highest BCUT2D eigenvalue weighted by atomic mass is 79.9. The van der Waals surface area contributed by atoms with E-state index in [2.05, 4.69) is 21.2 Å². The number of nitrogens with two attached hydrogens (primary N) is 1. The van der Waals surface area contributed by atoms with E-state index >= 15 is 0 Å². The van der Waals surface area contributed by atoms with E-state index in [4.69, 9.17) is 5.73 Å². The van der Waals surface area contributed by atoms with Crippen molar-refractivity contribution < 1.29 is 9.90 Å². The Kier molecular flexibility index (Phi) is 5.38. The van der Waals surface area contributed by atoms with E-state index in [1.807, 2.05) is 13.8 Å². The fourth-order valence-corrected chi connectivity index (χ4v) is 2.44. The third-order valence-corrected chi connectivity index (χ3v) is 3.23. The number of hydrogen-bond acceptors (Lipinski definition) is 3. The van der Waals surface area contributed by atoms with Crippen LogP contribution in [0.5, 0.6) is 0 Å². The molecule has 0 aliphatic heterocycles. The van der Waals surface area contributed by atoms with Gasteiger partial charge in [0, 0.05) is 16.7 Å². The lowest BCUT2D eigenvalue weighted by atomic mass is 9.94. The normalized spacial score (nSPS) is 14.2. The zero-order chi connectivity index (χ0) is 14.6. The number of nitrogen functional groups attached to an aromatic ring is 1. The molecule has 1 atom stereocenters. The van der Waals surface area contributed by atoms with Gasteiger partial charge in [0.05, 0.1) is 11.2 Å². The second-order valence-corrected chi connectivity index (χ2v) is 6.42. The predicted octanol–water partition coefficient (Wildman–Crippen LogP) is 2.56. The summed E-state index contributed by atoms with van der Waals surface area (Å²) in [7, 11) is 0. The molecule has 106 valence electrons. The van der Waals surface area contributed by atoms with Crippen LogP contribution >= 0.6 is 15.9 Å². The van der Waals surface area contributed by atoms with Crippen LogP contribution < -0.4 is 11.1 Å². The first-order valence-electron chi connectivity index (χ1n) is 6.27. The highest BCUT2D eigenvalue weighted by molar-refractivity contribution is 9.10. The van der Waals surface area contributed by atoms with Crippen molar-refractivity contribution in [1.82, 2.24) is 5.32 Å². The van der Waals surface area contributed by atoms with Gasteiger partial charge in [-0.3, -0.25) is 4.79 Å². The van der Waals surface area contributed by atoms with Crippen LogP contribution in [0.25, 0.3) is 0 Å². The van der Waals surface area contributed by atoms with E-state index in [1.54, 1.807) is 25.1 Å². The molecule has 5 heteroatoms. The highest BCUT2D eigenvalue weighted by Gasteiger charge is 2.23. The number of amides is 1. The molecule has 0 spiro atoms. The fraction of sp³-hybridized carbons (Fsp3) is 0.500. The third kappa shape index (κ3) is 5.20. The molecule has 0 saturated carbocycles. The molecule has 0 radical (unpaired) electrons. The van der Waals surface area contributed by atoms with Gasteiger partial charge in [-0.2, -0.15) is 0 Å². The van der Waals surface area contributed by atoms with Crippen LogP contribution in [0.4, 0.5) is 5.69 Å². The van der Waals surface area contributed by atoms with Gasteiger partial charge >= 0.3 is 0 Å². The lowest BCUT2D eigenvalue weighted by Crippen LogP contribution is -2.41. The molecule has 4 N–H and O–H groups in total. The van der Waals surface area contributed by atoms with Gasteiger partial charge in [-0.05, 0) is 37.5 Å². The summed E-state index contributed by atoms with van der Waals surface area (Å²) in [5.74, 6) is 0.0960. The molecular formula is C14H21BrN2O2. The fourth-order valence-electron chi connectivity index (χ4n) is 2.06. The van der Waals surface area contributed by atoms with Crippen molar-refractivity contribution in [3.8, 4) is 0 Å². The van der Waals surface area contributed by atoms with E-state index in [9.17, 15) is 9.90 Å². The molecular weight excluding hydrogens is 308 g/mol. The van der Waals surface area contributed by atoms with E-state index < -0.39 is 5.60 Å². The molecule has 1 unspecified atom stereocenters. The molecule has 0 heterocycles. The van der Waals surface area contributed by atoms with Crippen molar-refractivity contribution in [3.05, 3.63) is 28.2 Å². The molecule has 1 amide bonds. The van der Waals surface area contributed by atoms with Crippen molar-refractivity contribution in [2.75, 3.05) is 12.3 Å². The number of rotatable bonds is 5. The van der Waals surface area contributed by atoms with Gasteiger partial charge in [-0.1, -0.05) is 29.8 Å². The quantitative estimate of drug-likeness (QED) is 0.727. The Morgan fingerprint density at radius 2 is 2.16 bits per heavy atom. The number of benzene rings is 1. The van der Waals surface area contributed by atoms with Crippen LogP contribution in [0.1, 0.15) is 37.6 Å². The first kappa shape index (κ1) is 16.0. The zero-order valence-corrected chi connectivity index (χ0v) is 13.1. The monoisotopic (exact) mass is 328 g/mol. The second-order valence-electron chi connectivity index (χ2n) is 5.51. The summed E-state index contributed by atoms with van der Waals surface area (Å²) in [5, 5.41) is 12.9. The topological polar surface area (TPSA) is 75.3 Å². The molecule has 0 bridgehead atoms. The lowest BCUT2D eigenvalue weighted by molar-refractivity contribution is 0.0368. The summed E-state index contributed by atoms with van der Waals surface area (Å²) in [5.41, 5.74) is 5.71. The first-order valence-corrected chi connectivity index (χ1v) is 7.06. The van der Waals surface area contributed by atoms with Gasteiger partial charge in [0.15, 0.2) is 0 Å². The Labute approximate surface area is 122 Å². The van der Waals surface area contributed by atoms with E-state index in [1.165, 1.54) is 0 Å². The minimum atomic E-state index is -0.909. The van der Waals surface area contributed by atoms with Crippen LogP contribution in [0.2, 0.25) is 0 Å². The Morgan fingerprint density at radius 3 is 2.68 bits per heavy atom. The molecule has 0 aliphatic rings. The Morgan fingerprint density at radius 1 is 1.53 bits per heavy atom. The summed E-state index contributed by atoms with van der Waals surface area (Å²) >= 11 is 3.29. The Bertz CT molecular complexity index is 459. The van der Waals surface area contributed by atoms with E-state index in [-0.39, 0.29) is 12.5 Å². The largest absolute Gasteiger partial charge is 0.398 e. The van der Waals surface area contributed by atoms with Gasteiger partial charge in [-0.15, -0.1) is 0 Å². The maximum atomic E-state index is 12.0. The van der Waals surface area contributed by atoms with Crippen LogP contribution in [0.3, 0.4) is 0 Å². The molecule has 1 aromatic rings. The maximum Gasteiger partial charge on any atom is 0.253 e. The summed E-state index contributed by atoms with van der Waals surface area (Å²) < 4.78 is 0.827. The first-order chi connectivity index (χ1) is 8.71. The average molecular weight is 329 g/mol. The van der Waals surface area contributed by atoms with Crippen LogP contribution in [-0.4, -0.2) is 23.2 Å². The molecule has 0 aliphatic carbocycles. The highest BCUT2D eigenvalue weighted by Crippen LogP contribution is 2.19. The molecule has 0 aromatic heterocycles. The van der Waals surface area contributed by atoms with Crippen molar-refractivity contribution >= 4 is 27.5 Å². The number of anilines is 1. The molecule has 0 saturated heterocycles. The SMILES string of the molecule is CC(C)CC(C)(O)CNC(=O)c1ccc(Br)cc1N. The number of carbonyl (C=O) groups is 1. The molecule has 4 nitrogen and oxygen atoms in total. The van der Waals surface area contributed by atoms with Crippen LogP contribution in [-0.2, 0) is 0 Å². The van der Waals surface area contributed by atoms with Crippen molar-refractivity contribution in [2.45, 2.75) is 32.8 Å². The standard InChI is InChI=1S/C14H21BrN2O2/c1-9(2)7-14(3,19)8-17-13(18)11-5-4-10(15)6-12(11)16/h4-6,9,19H,7-8,16H2,1-3H3,(H,17,18). The van der Waals surface area contributed by atoms with Gasteiger partial charge in [-0.25, -0.2) is 0 Å². The van der Waals surface area contributed by atoms with E-state index in [0.717, 1.165) is 4.47 Å². The summed E-state index contributed by atoms with van der Waals surface area (Å²) in [6.07, 6.45) is 0.628. The van der Waals surface area contributed by atoms with E-state index in [0.29, 0.717) is 23.6 Å². The van der Waals surface area contributed by atoms with Gasteiger partial charge in [0.2, 0.25) is 0 Å². The van der Waals surface area contributed by atoms with Crippen molar-refractivity contribution in [3.63, 3.8) is 0 Å². The number of carbonyl (C=O) groups excluding carboxylic acids is 1. The minimum Gasteiger partial charge on any atom is -0.398 e. The smallest absolute Gasteiger partial charge is 0.253 e. The number of hydrogen-bond donors (Lipinski definition) is 3. The second kappa shape index (κ2) is 6.39. The number of nitrogens with one attached hydrogen (secondary N) is 1. The zero-order valence-electron chi connectivity index (χ0n) is 11.5. The average Bonchev–Trinajstić information content (AvgIpc) is 2.24. The summed E-state index contributed by atoms with van der Waals surface area (Å²) in [6.45, 7) is 5.99. The molecule has 19 heavy (non-hydrogen) atoms.